The van der Waals surface area contributed by atoms with Crippen LogP contribution in [-0.2, 0) is 0 Å². The molecule has 0 bridgehead atoms. The van der Waals surface area contributed by atoms with Crippen molar-refractivity contribution in [3.63, 3.8) is 0 Å². The first kappa shape index (κ1) is 11.5. The molecular formula is C13H17NOS. The maximum Gasteiger partial charge on any atom is 0.251 e. The molecule has 0 atom stereocenters. The number of benzene rings is 1. The number of rotatable bonds is 5. The second-order valence-electron chi connectivity index (χ2n) is 4.39. The van der Waals surface area contributed by atoms with Gasteiger partial charge < -0.3 is 5.32 Å². The Labute approximate surface area is 102 Å². The van der Waals surface area contributed by atoms with Crippen LogP contribution in [0.25, 0.3) is 0 Å². The van der Waals surface area contributed by atoms with Crippen LogP contribution in [0.2, 0.25) is 0 Å². The number of hydrogen-bond acceptors (Lipinski definition) is 2. The van der Waals surface area contributed by atoms with E-state index >= 15 is 0 Å². The quantitative estimate of drug-likeness (QED) is 0.596. The molecule has 86 valence electrons. The molecule has 0 spiro atoms. The smallest absolute Gasteiger partial charge is 0.251 e. The number of carbonyl (C=O) groups is 1. The average molecular weight is 235 g/mol. The molecule has 1 aliphatic carbocycles. The number of hydrogen-bond donors (Lipinski definition) is 2. The second kappa shape index (κ2) is 5.39. The molecule has 1 aromatic carbocycles. The molecule has 1 aromatic rings. The van der Waals surface area contributed by atoms with Crippen LogP contribution in [0.15, 0.2) is 29.2 Å². The summed E-state index contributed by atoms with van der Waals surface area (Å²) in [6, 6.07) is 7.28. The van der Waals surface area contributed by atoms with E-state index in [-0.39, 0.29) is 5.91 Å². The van der Waals surface area contributed by atoms with Crippen molar-refractivity contribution in [2.75, 3.05) is 6.54 Å². The van der Waals surface area contributed by atoms with E-state index in [2.05, 4.69) is 17.9 Å². The molecule has 3 heteroatoms. The van der Waals surface area contributed by atoms with E-state index < -0.39 is 0 Å². The maximum absolute atomic E-state index is 11.7. The first-order valence-corrected chi connectivity index (χ1v) is 6.27. The van der Waals surface area contributed by atoms with Crippen LogP contribution in [0.5, 0.6) is 0 Å². The molecule has 1 aliphatic rings. The van der Waals surface area contributed by atoms with Crippen molar-refractivity contribution >= 4 is 18.5 Å². The van der Waals surface area contributed by atoms with E-state index in [9.17, 15) is 4.79 Å². The standard InChI is InChI=1S/C13H17NOS/c15-13(11-5-7-12(16)8-6-11)14-9-1-2-10-3-4-10/h5-8,10,16H,1-4,9H2,(H,14,15). The molecule has 2 rings (SSSR count). The Morgan fingerprint density at radius 3 is 2.62 bits per heavy atom. The Hall–Kier alpha value is -0.960. The summed E-state index contributed by atoms with van der Waals surface area (Å²) in [5, 5.41) is 2.94. The first-order valence-electron chi connectivity index (χ1n) is 5.83. The van der Waals surface area contributed by atoms with Gasteiger partial charge in [0, 0.05) is 17.0 Å². The molecule has 0 saturated heterocycles. The highest BCUT2D eigenvalue weighted by atomic mass is 32.1. The molecule has 1 N–H and O–H groups in total. The third-order valence-corrected chi connectivity index (χ3v) is 3.20. The average Bonchev–Trinajstić information content (AvgIpc) is 3.09. The van der Waals surface area contributed by atoms with Crippen molar-refractivity contribution in [3.05, 3.63) is 29.8 Å². The Balaban J connectivity index is 1.71. The molecule has 0 aliphatic heterocycles. The van der Waals surface area contributed by atoms with Crippen LogP contribution in [0.3, 0.4) is 0 Å². The van der Waals surface area contributed by atoms with E-state index in [0.29, 0.717) is 5.56 Å². The predicted molar refractivity (Wildman–Crippen MR) is 68.0 cm³/mol. The zero-order valence-corrected chi connectivity index (χ0v) is 10.2. The maximum atomic E-state index is 11.7. The minimum atomic E-state index is 0.0177. The Bertz CT molecular complexity index is 357. The lowest BCUT2D eigenvalue weighted by Gasteiger charge is -2.04. The number of amides is 1. The van der Waals surface area contributed by atoms with Crippen LogP contribution in [-0.4, -0.2) is 12.5 Å². The van der Waals surface area contributed by atoms with Crippen molar-refractivity contribution in [1.29, 1.82) is 0 Å². The van der Waals surface area contributed by atoms with Gasteiger partial charge >= 0.3 is 0 Å². The topological polar surface area (TPSA) is 29.1 Å². The van der Waals surface area contributed by atoms with Gasteiger partial charge in [-0.2, -0.15) is 0 Å². The summed E-state index contributed by atoms with van der Waals surface area (Å²) in [5.41, 5.74) is 0.712. The molecule has 1 amide bonds. The van der Waals surface area contributed by atoms with Crippen LogP contribution >= 0.6 is 12.6 Å². The highest BCUT2D eigenvalue weighted by Gasteiger charge is 2.20. The number of nitrogens with one attached hydrogen (secondary N) is 1. The van der Waals surface area contributed by atoms with Gasteiger partial charge in [0.1, 0.15) is 0 Å². The first-order chi connectivity index (χ1) is 7.75. The third kappa shape index (κ3) is 3.56. The van der Waals surface area contributed by atoms with Crippen molar-refractivity contribution in [3.8, 4) is 0 Å². The molecule has 0 unspecified atom stereocenters. The van der Waals surface area contributed by atoms with Gasteiger partial charge in [-0.15, -0.1) is 12.6 Å². The van der Waals surface area contributed by atoms with Gasteiger partial charge in [-0.25, -0.2) is 0 Å². The van der Waals surface area contributed by atoms with E-state index in [0.717, 1.165) is 23.8 Å². The highest BCUT2D eigenvalue weighted by molar-refractivity contribution is 7.80. The summed E-state index contributed by atoms with van der Waals surface area (Å²) < 4.78 is 0. The van der Waals surface area contributed by atoms with Gasteiger partial charge in [0.05, 0.1) is 0 Å². The van der Waals surface area contributed by atoms with Crippen molar-refractivity contribution in [2.45, 2.75) is 30.6 Å². The number of carbonyl (C=O) groups excluding carboxylic acids is 1. The summed E-state index contributed by atoms with van der Waals surface area (Å²) in [6.45, 7) is 0.790. The lowest BCUT2D eigenvalue weighted by molar-refractivity contribution is 0.0953. The summed E-state index contributed by atoms with van der Waals surface area (Å²) >= 11 is 4.18. The highest BCUT2D eigenvalue weighted by Crippen LogP contribution is 2.33. The van der Waals surface area contributed by atoms with Crippen molar-refractivity contribution < 1.29 is 4.79 Å². The molecule has 0 aromatic heterocycles. The van der Waals surface area contributed by atoms with E-state index in [1.54, 1.807) is 12.1 Å². The Morgan fingerprint density at radius 2 is 2.00 bits per heavy atom. The largest absolute Gasteiger partial charge is 0.352 e. The zero-order valence-electron chi connectivity index (χ0n) is 9.28. The zero-order chi connectivity index (χ0) is 11.4. The monoisotopic (exact) mass is 235 g/mol. The number of thiol groups is 1. The lowest BCUT2D eigenvalue weighted by Crippen LogP contribution is -2.24. The molecular weight excluding hydrogens is 218 g/mol. The van der Waals surface area contributed by atoms with Gasteiger partial charge in [-0.1, -0.05) is 12.8 Å². The van der Waals surface area contributed by atoms with Gasteiger partial charge in [0.25, 0.3) is 5.91 Å². The fourth-order valence-electron chi connectivity index (χ4n) is 1.71. The summed E-state index contributed by atoms with van der Waals surface area (Å²) in [7, 11) is 0. The minimum absolute atomic E-state index is 0.0177. The fourth-order valence-corrected chi connectivity index (χ4v) is 1.86. The van der Waals surface area contributed by atoms with E-state index in [1.807, 2.05) is 12.1 Å². The molecule has 16 heavy (non-hydrogen) atoms. The van der Waals surface area contributed by atoms with Gasteiger partial charge in [-0.05, 0) is 43.0 Å². The van der Waals surface area contributed by atoms with Crippen LogP contribution < -0.4 is 5.32 Å². The van der Waals surface area contributed by atoms with Crippen LogP contribution in [0.1, 0.15) is 36.0 Å². The normalized spacial score (nSPS) is 14.8. The molecule has 1 fully saturated rings. The summed E-state index contributed by atoms with van der Waals surface area (Å²) in [4.78, 5) is 12.6. The Morgan fingerprint density at radius 1 is 1.31 bits per heavy atom. The molecule has 1 saturated carbocycles. The van der Waals surface area contributed by atoms with Crippen LogP contribution in [0, 0.1) is 5.92 Å². The Kier molecular flexibility index (Phi) is 3.88. The van der Waals surface area contributed by atoms with E-state index in [1.165, 1.54) is 19.3 Å². The van der Waals surface area contributed by atoms with Crippen LogP contribution in [0.4, 0.5) is 0 Å². The van der Waals surface area contributed by atoms with Gasteiger partial charge in [0.15, 0.2) is 0 Å². The van der Waals surface area contributed by atoms with E-state index in [4.69, 9.17) is 0 Å². The summed E-state index contributed by atoms with van der Waals surface area (Å²) in [5.74, 6) is 0.962. The second-order valence-corrected chi connectivity index (χ2v) is 4.90. The van der Waals surface area contributed by atoms with Crippen molar-refractivity contribution in [1.82, 2.24) is 5.32 Å². The molecule has 0 heterocycles. The predicted octanol–water partition coefficient (Wildman–Crippen LogP) is 2.90. The molecule has 0 radical (unpaired) electrons. The SMILES string of the molecule is O=C(NCCCC1CC1)c1ccc(S)cc1. The van der Waals surface area contributed by atoms with Gasteiger partial charge in [0.2, 0.25) is 0 Å². The fraction of sp³-hybridized carbons (Fsp3) is 0.462. The summed E-state index contributed by atoms with van der Waals surface area (Å²) in [6.07, 6.45) is 5.13. The van der Waals surface area contributed by atoms with Crippen molar-refractivity contribution in [2.24, 2.45) is 5.92 Å². The third-order valence-electron chi connectivity index (χ3n) is 2.90. The van der Waals surface area contributed by atoms with Gasteiger partial charge in [-0.3, -0.25) is 4.79 Å². The lowest BCUT2D eigenvalue weighted by atomic mass is 10.2. The minimum Gasteiger partial charge on any atom is -0.352 e. The molecule has 2 nitrogen and oxygen atoms in total.